The maximum atomic E-state index is 13.4. The minimum Gasteiger partial charge on any atom is -0.507 e. The number of carbonyl (C=O) groups excluding carboxylic acids is 2. The molecule has 1 atom stereocenters. The lowest BCUT2D eigenvalue weighted by Gasteiger charge is -2.56. The monoisotopic (exact) mass is 340 g/mol. The molecule has 5 aliphatic rings. The van der Waals surface area contributed by atoms with Crippen molar-refractivity contribution in [1.82, 2.24) is 0 Å². The summed E-state index contributed by atoms with van der Waals surface area (Å²) < 4.78 is 5.95. The van der Waals surface area contributed by atoms with Gasteiger partial charge < -0.3 is 9.84 Å². The molecule has 0 spiro atoms. The number of rotatable bonds is 3. The summed E-state index contributed by atoms with van der Waals surface area (Å²) in [6.07, 6.45) is 6.89. The van der Waals surface area contributed by atoms with Crippen LogP contribution in [-0.2, 0) is 11.2 Å². The Balaban J connectivity index is 1.43. The van der Waals surface area contributed by atoms with Crippen molar-refractivity contribution in [3.05, 3.63) is 23.3 Å². The molecule has 1 N–H and O–H groups in total. The molecule has 6 rings (SSSR count). The fraction of sp³-hybridized carbons (Fsp3) is 0.619. The highest BCUT2D eigenvalue weighted by Crippen LogP contribution is 2.61. The summed E-state index contributed by atoms with van der Waals surface area (Å²) in [5.74, 6) is 2.78. The van der Waals surface area contributed by atoms with Crippen LogP contribution in [0.1, 0.15) is 61.4 Å². The molecule has 0 radical (unpaired) electrons. The summed E-state index contributed by atoms with van der Waals surface area (Å²) in [6.45, 7) is 1.44. The van der Waals surface area contributed by atoms with Crippen molar-refractivity contribution in [3.63, 3.8) is 0 Å². The number of hydrogen-bond acceptors (Lipinski definition) is 4. The van der Waals surface area contributed by atoms with Crippen LogP contribution >= 0.6 is 0 Å². The molecule has 132 valence electrons. The highest BCUT2D eigenvalue weighted by molar-refractivity contribution is 5.98. The number of Topliss-reactive ketones (excluding diaryl/α,β-unsaturated/α-hetero) is 2. The molecule has 1 aliphatic heterocycles. The van der Waals surface area contributed by atoms with E-state index < -0.39 is 6.10 Å². The molecule has 4 nitrogen and oxygen atoms in total. The first-order valence-corrected chi connectivity index (χ1v) is 9.52. The largest absolute Gasteiger partial charge is 0.507 e. The number of hydrogen-bond donors (Lipinski definition) is 1. The van der Waals surface area contributed by atoms with E-state index in [9.17, 15) is 14.7 Å². The highest BCUT2D eigenvalue weighted by atomic mass is 16.5. The minimum absolute atomic E-state index is 0.00851. The van der Waals surface area contributed by atoms with Crippen molar-refractivity contribution in [2.24, 2.45) is 23.2 Å². The summed E-state index contributed by atoms with van der Waals surface area (Å²) in [5.41, 5.74) is 0.738. The van der Waals surface area contributed by atoms with Gasteiger partial charge in [-0.15, -0.1) is 0 Å². The third-order valence-corrected chi connectivity index (χ3v) is 7.13. The van der Waals surface area contributed by atoms with Gasteiger partial charge in [0.1, 0.15) is 11.5 Å². The first-order valence-electron chi connectivity index (χ1n) is 9.52. The number of phenolic OH excluding ortho intramolecular Hbond substituents is 1. The highest BCUT2D eigenvalue weighted by Gasteiger charge is 2.56. The average molecular weight is 340 g/mol. The number of benzene rings is 1. The molecule has 25 heavy (non-hydrogen) atoms. The summed E-state index contributed by atoms with van der Waals surface area (Å²) in [5, 5.41) is 10.4. The van der Waals surface area contributed by atoms with Crippen molar-refractivity contribution in [2.45, 2.75) is 58.0 Å². The Morgan fingerprint density at radius 1 is 1.08 bits per heavy atom. The van der Waals surface area contributed by atoms with E-state index in [1.54, 1.807) is 12.1 Å². The minimum atomic E-state index is -0.501. The molecule has 4 fully saturated rings. The zero-order valence-corrected chi connectivity index (χ0v) is 14.6. The molecular weight excluding hydrogens is 316 g/mol. The molecule has 4 bridgehead atoms. The second kappa shape index (κ2) is 5.09. The van der Waals surface area contributed by atoms with Gasteiger partial charge in [-0.3, -0.25) is 9.59 Å². The standard InChI is InChI=1S/C21H24O4/c1-11(22)15-2-3-17-16(19(15)23)7-18(25-17)20(24)21-8-12-4-13(9-21)6-14(5-12)10-21/h2-3,12-14,18,23H,4-10H2,1H3. The van der Waals surface area contributed by atoms with Gasteiger partial charge in [0.2, 0.25) is 0 Å². The van der Waals surface area contributed by atoms with E-state index in [0.29, 0.717) is 23.3 Å². The second-order valence-electron chi connectivity index (χ2n) is 8.87. The van der Waals surface area contributed by atoms with Gasteiger partial charge in [-0.2, -0.15) is 0 Å². The third-order valence-electron chi connectivity index (χ3n) is 7.13. The normalized spacial score (nSPS) is 37.6. The van der Waals surface area contributed by atoms with E-state index in [4.69, 9.17) is 4.74 Å². The fourth-order valence-electron chi connectivity index (χ4n) is 6.49. The van der Waals surface area contributed by atoms with Gasteiger partial charge in [0.15, 0.2) is 17.7 Å². The topological polar surface area (TPSA) is 63.6 Å². The molecule has 4 heteroatoms. The fourth-order valence-corrected chi connectivity index (χ4v) is 6.49. The van der Waals surface area contributed by atoms with Crippen LogP contribution in [0.15, 0.2) is 12.1 Å². The molecular formula is C21H24O4. The zero-order chi connectivity index (χ0) is 17.3. The Hall–Kier alpha value is -1.84. The van der Waals surface area contributed by atoms with E-state index in [-0.39, 0.29) is 22.7 Å². The molecule has 1 heterocycles. The van der Waals surface area contributed by atoms with Gasteiger partial charge in [0.05, 0.1) is 5.56 Å². The molecule has 4 aliphatic carbocycles. The van der Waals surface area contributed by atoms with Crippen LogP contribution in [0.3, 0.4) is 0 Å². The third kappa shape index (κ3) is 2.19. The van der Waals surface area contributed by atoms with E-state index >= 15 is 0 Å². The van der Waals surface area contributed by atoms with Crippen LogP contribution in [-0.4, -0.2) is 22.8 Å². The van der Waals surface area contributed by atoms with E-state index in [0.717, 1.165) is 37.0 Å². The predicted molar refractivity (Wildman–Crippen MR) is 91.8 cm³/mol. The summed E-state index contributed by atoms with van der Waals surface area (Å²) in [7, 11) is 0. The first kappa shape index (κ1) is 15.4. The second-order valence-corrected chi connectivity index (χ2v) is 8.87. The summed E-state index contributed by atoms with van der Waals surface area (Å²) >= 11 is 0. The molecule has 4 saturated carbocycles. The maximum absolute atomic E-state index is 13.4. The Bertz CT molecular complexity index is 743. The molecule has 1 unspecified atom stereocenters. The van der Waals surface area contributed by atoms with Gasteiger partial charge in [-0.25, -0.2) is 0 Å². The Labute approximate surface area is 147 Å². The first-order chi connectivity index (χ1) is 11.9. The number of carbonyl (C=O) groups is 2. The smallest absolute Gasteiger partial charge is 0.179 e. The van der Waals surface area contributed by atoms with Crippen molar-refractivity contribution in [3.8, 4) is 11.5 Å². The van der Waals surface area contributed by atoms with Crippen LogP contribution in [0.5, 0.6) is 11.5 Å². The molecule has 1 aromatic rings. The number of ether oxygens (including phenoxy) is 1. The van der Waals surface area contributed by atoms with Gasteiger partial charge in [-0.1, -0.05) is 0 Å². The van der Waals surface area contributed by atoms with E-state index in [1.165, 1.54) is 26.2 Å². The van der Waals surface area contributed by atoms with Gasteiger partial charge in [0, 0.05) is 17.4 Å². The number of phenols is 1. The Morgan fingerprint density at radius 3 is 2.24 bits per heavy atom. The van der Waals surface area contributed by atoms with Crippen LogP contribution < -0.4 is 4.74 Å². The Kier molecular flexibility index (Phi) is 3.14. The molecule has 0 amide bonds. The van der Waals surface area contributed by atoms with Crippen LogP contribution in [0, 0.1) is 23.2 Å². The maximum Gasteiger partial charge on any atom is 0.179 e. The van der Waals surface area contributed by atoms with Crippen molar-refractivity contribution in [1.29, 1.82) is 0 Å². The molecule has 0 aromatic heterocycles. The lowest BCUT2D eigenvalue weighted by Crippen LogP contribution is -2.53. The number of fused-ring (bicyclic) bond motifs is 1. The Morgan fingerprint density at radius 2 is 1.68 bits per heavy atom. The number of aromatic hydroxyl groups is 1. The van der Waals surface area contributed by atoms with E-state index in [2.05, 4.69) is 0 Å². The zero-order valence-electron chi connectivity index (χ0n) is 14.6. The lowest BCUT2D eigenvalue weighted by atomic mass is 9.48. The predicted octanol–water partition coefficient (Wildman–Crippen LogP) is 3.68. The SMILES string of the molecule is CC(=O)c1ccc2c(c1O)CC(C(=O)C13CC4CC(CC(C4)C1)C3)O2. The molecule has 0 saturated heterocycles. The van der Waals surface area contributed by atoms with Gasteiger partial charge in [-0.05, 0) is 75.3 Å². The van der Waals surface area contributed by atoms with Crippen LogP contribution in [0.2, 0.25) is 0 Å². The van der Waals surface area contributed by atoms with Crippen LogP contribution in [0.4, 0.5) is 0 Å². The average Bonchev–Trinajstić information content (AvgIpc) is 2.98. The van der Waals surface area contributed by atoms with Crippen molar-refractivity contribution in [2.75, 3.05) is 0 Å². The van der Waals surface area contributed by atoms with Gasteiger partial charge >= 0.3 is 0 Å². The van der Waals surface area contributed by atoms with Crippen molar-refractivity contribution >= 4 is 11.6 Å². The summed E-state index contributed by atoms with van der Waals surface area (Å²) in [6, 6.07) is 3.31. The van der Waals surface area contributed by atoms with E-state index in [1.807, 2.05) is 0 Å². The quantitative estimate of drug-likeness (QED) is 0.853. The lowest BCUT2D eigenvalue weighted by molar-refractivity contribution is -0.150. The molecule has 1 aromatic carbocycles. The number of ketones is 2. The van der Waals surface area contributed by atoms with Crippen LogP contribution in [0.25, 0.3) is 0 Å². The summed E-state index contributed by atoms with van der Waals surface area (Å²) in [4.78, 5) is 25.1. The van der Waals surface area contributed by atoms with Crippen molar-refractivity contribution < 1.29 is 19.4 Å². The van der Waals surface area contributed by atoms with Gasteiger partial charge in [0.25, 0.3) is 0 Å².